The van der Waals surface area contributed by atoms with Gasteiger partial charge in [0.25, 0.3) is 0 Å². The zero-order valence-corrected chi connectivity index (χ0v) is 10.9. The molecule has 0 radical (unpaired) electrons. The molecule has 1 aliphatic rings. The number of aryl methyl sites for hydroxylation is 2. The fourth-order valence-corrected chi connectivity index (χ4v) is 2.48. The van der Waals surface area contributed by atoms with Crippen LogP contribution in [0.3, 0.4) is 0 Å². The smallest absolute Gasteiger partial charge is 0.106 e. The van der Waals surface area contributed by atoms with E-state index in [2.05, 4.69) is 16.5 Å². The molecule has 1 atom stereocenters. The van der Waals surface area contributed by atoms with E-state index in [1.54, 1.807) is 0 Å². The first-order valence-electron chi connectivity index (χ1n) is 6.48. The molecule has 17 heavy (non-hydrogen) atoms. The standard InChI is InChI=1S/C13H23N3O/c1-10-15-11-5-3-4-6-12(11)16(10)8-7-13(2,14)9-17/h17H,3-9,14H2,1-2H3. The van der Waals surface area contributed by atoms with E-state index in [-0.39, 0.29) is 6.61 Å². The van der Waals surface area contributed by atoms with E-state index in [1.807, 2.05) is 6.92 Å². The third-order valence-electron chi connectivity index (χ3n) is 3.69. The average molecular weight is 237 g/mol. The first kappa shape index (κ1) is 12.6. The lowest BCUT2D eigenvalue weighted by Crippen LogP contribution is -2.41. The predicted octanol–water partition coefficient (Wildman–Crippen LogP) is 1.17. The molecule has 0 spiro atoms. The van der Waals surface area contributed by atoms with E-state index in [0.29, 0.717) is 0 Å². The summed E-state index contributed by atoms with van der Waals surface area (Å²) in [7, 11) is 0. The van der Waals surface area contributed by atoms with Gasteiger partial charge in [0.1, 0.15) is 5.82 Å². The maximum absolute atomic E-state index is 9.18. The molecular weight excluding hydrogens is 214 g/mol. The van der Waals surface area contributed by atoms with Gasteiger partial charge in [0.05, 0.1) is 12.3 Å². The lowest BCUT2D eigenvalue weighted by Gasteiger charge is -2.23. The zero-order valence-electron chi connectivity index (χ0n) is 10.9. The van der Waals surface area contributed by atoms with Gasteiger partial charge < -0.3 is 15.4 Å². The van der Waals surface area contributed by atoms with E-state index < -0.39 is 5.54 Å². The summed E-state index contributed by atoms with van der Waals surface area (Å²) in [5.41, 5.74) is 8.15. The van der Waals surface area contributed by atoms with Crippen LogP contribution < -0.4 is 5.73 Å². The van der Waals surface area contributed by atoms with Gasteiger partial charge in [-0.3, -0.25) is 0 Å². The number of aliphatic hydroxyl groups excluding tert-OH is 1. The summed E-state index contributed by atoms with van der Waals surface area (Å²) in [4.78, 5) is 4.64. The number of imidazole rings is 1. The molecule has 0 amide bonds. The van der Waals surface area contributed by atoms with Gasteiger partial charge in [0.15, 0.2) is 0 Å². The maximum Gasteiger partial charge on any atom is 0.106 e. The minimum absolute atomic E-state index is 0.0307. The van der Waals surface area contributed by atoms with Crippen molar-refractivity contribution in [2.45, 2.75) is 58.0 Å². The highest BCUT2D eigenvalue weighted by molar-refractivity contribution is 5.19. The lowest BCUT2D eigenvalue weighted by atomic mass is 9.99. The van der Waals surface area contributed by atoms with Gasteiger partial charge in [0, 0.05) is 17.8 Å². The second-order valence-electron chi connectivity index (χ2n) is 5.47. The molecule has 0 saturated heterocycles. The van der Waals surface area contributed by atoms with Crippen molar-refractivity contribution in [3.8, 4) is 0 Å². The largest absolute Gasteiger partial charge is 0.394 e. The van der Waals surface area contributed by atoms with E-state index in [0.717, 1.165) is 31.6 Å². The van der Waals surface area contributed by atoms with E-state index in [9.17, 15) is 5.11 Å². The third-order valence-corrected chi connectivity index (χ3v) is 3.69. The van der Waals surface area contributed by atoms with Crippen LogP contribution in [0, 0.1) is 6.92 Å². The number of aromatic nitrogens is 2. The van der Waals surface area contributed by atoms with Crippen LogP contribution in [0.25, 0.3) is 0 Å². The zero-order chi connectivity index (χ0) is 12.5. The monoisotopic (exact) mass is 237 g/mol. The Balaban J connectivity index is 2.13. The number of hydrogen-bond acceptors (Lipinski definition) is 3. The molecule has 4 nitrogen and oxygen atoms in total. The Kier molecular flexibility index (Phi) is 3.54. The second-order valence-corrected chi connectivity index (χ2v) is 5.47. The SMILES string of the molecule is Cc1nc2c(n1CCC(C)(N)CO)CCCC2. The van der Waals surface area contributed by atoms with Crippen molar-refractivity contribution < 1.29 is 5.11 Å². The number of aliphatic hydroxyl groups is 1. The molecule has 1 aromatic rings. The molecule has 1 unspecified atom stereocenters. The quantitative estimate of drug-likeness (QED) is 0.826. The molecule has 3 N–H and O–H groups in total. The Bertz CT molecular complexity index is 396. The fraction of sp³-hybridized carbons (Fsp3) is 0.769. The number of rotatable bonds is 4. The molecule has 0 bridgehead atoms. The molecule has 1 aliphatic carbocycles. The summed E-state index contributed by atoms with van der Waals surface area (Å²) in [6, 6.07) is 0. The number of nitrogens with zero attached hydrogens (tertiary/aromatic N) is 2. The Morgan fingerprint density at radius 3 is 2.82 bits per heavy atom. The van der Waals surface area contributed by atoms with Crippen molar-refractivity contribution in [3.63, 3.8) is 0 Å². The molecule has 0 saturated carbocycles. The van der Waals surface area contributed by atoms with Crippen LogP contribution in [0.5, 0.6) is 0 Å². The van der Waals surface area contributed by atoms with Crippen LogP contribution in [0.15, 0.2) is 0 Å². The van der Waals surface area contributed by atoms with E-state index in [1.165, 1.54) is 24.2 Å². The van der Waals surface area contributed by atoms with Gasteiger partial charge in [-0.25, -0.2) is 4.98 Å². The summed E-state index contributed by atoms with van der Waals surface area (Å²) in [5.74, 6) is 1.09. The number of nitrogens with two attached hydrogens (primary N) is 1. The third kappa shape index (κ3) is 2.69. The first-order chi connectivity index (χ1) is 8.03. The average Bonchev–Trinajstić information content (AvgIpc) is 2.62. The molecule has 4 heteroatoms. The van der Waals surface area contributed by atoms with Gasteiger partial charge in [-0.2, -0.15) is 0 Å². The van der Waals surface area contributed by atoms with Crippen LogP contribution in [0.4, 0.5) is 0 Å². The number of hydrogen-bond donors (Lipinski definition) is 2. The summed E-state index contributed by atoms with van der Waals surface area (Å²) in [6.45, 7) is 4.85. The Hall–Kier alpha value is -0.870. The minimum Gasteiger partial charge on any atom is -0.394 e. The van der Waals surface area contributed by atoms with Crippen molar-refractivity contribution in [3.05, 3.63) is 17.2 Å². The van der Waals surface area contributed by atoms with Crippen LogP contribution in [-0.2, 0) is 19.4 Å². The van der Waals surface area contributed by atoms with Crippen LogP contribution in [0.2, 0.25) is 0 Å². The minimum atomic E-state index is -0.488. The van der Waals surface area contributed by atoms with Crippen molar-refractivity contribution >= 4 is 0 Å². The summed E-state index contributed by atoms with van der Waals surface area (Å²) in [5, 5.41) is 9.18. The van der Waals surface area contributed by atoms with Gasteiger partial charge in [-0.1, -0.05) is 0 Å². The highest BCUT2D eigenvalue weighted by Crippen LogP contribution is 2.23. The highest BCUT2D eigenvalue weighted by Gasteiger charge is 2.21. The summed E-state index contributed by atoms with van der Waals surface area (Å²) >= 11 is 0. The summed E-state index contributed by atoms with van der Waals surface area (Å²) < 4.78 is 2.29. The van der Waals surface area contributed by atoms with Gasteiger partial charge in [-0.05, 0) is 46.0 Å². The topological polar surface area (TPSA) is 64.1 Å². The molecule has 96 valence electrons. The van der Waals surface area contributed by atoms with Crippen molar-refractivity contribution in [2.24, 2.45) is 5.73 Å². The van der Waals surface area contributed by atoms with Crippen molar-refractivity contribution in [1.29, 1.82) is 0 Å². The van der Waals surface area contributed by atoms with Gasteiger partial charge in [0.2, 0.25) is 0 Å². The molecule has 0 fully saturated rings. The Labute approximate surface area is 103 Å². The van der Waals surface area contributed by atoms with E-state index >= 15 is 0 Å². The van der Waals surface area contributed by atoms with Gasteiger partial charge in [-0.15, -0.1) is 0 Å². The first-order valence-corrected chi connectivity index (χ1v) is 6.48. The molecule has 1 heterocycles. The van der Waals surface area contributed by atoms with E-state index in [4.69, 9.17) is 5.73 Å². The van der Waals surface area contributed by atoms with Gasteiger partial charge >= 0.3 is 0 Å². The normalized spacial score (nSPS) is 18.8. The second kappa shape index (κ2) is 4.78. The molecular formula is C13H23N3O. The fourth-order valence-electron chi connectivity index (χ4n) is 2.48. The Morgan fingerprint density at radius 2 is 2.12 bits per heavy atom. The predicted molar refractivity (Wildman–Crippen MR) is 67.9 cm³/mol. The highest BCUT2D eigenvalue weighted by atomic mass is 16.3. The van der Waals surface area contributed by atoms with Crippen LogP contribution >= 0.6 is 0 Å². The lowest BCUT2D eigenvalue weighted by molar-refractivity contribution is 0.195. The molecule has 0 aromatic carbocycles. The maximum atomic E-state index is 9.18. The molecule has 1 aromatic heterocycles. The van der Waals surface area contributed by atoms with Crippen LogP contribution in [0.1, 0.15) is 43.4 Å². The van der Waals surface area contributed by atoms with Crippen molar-refractivity contribution in [2.75, 3.05) is 6.61 Å². The molecule has 2 rings (SSSR count). The summed E-state index contributed by atoms with van der Waals surface area (Å²) in [6.07, 6.45) is 5.56. The Morgan fingerprint density at radius 1 is 1.41 bits per heavy atom. The van der Waals surface area contributed by atoms with Crippen molar-refractivity contribution in [1.82, 2.24) is 9.55 Å². The number of fused-ring (bicyclic) bond motifs is 1. The molecule has 0 aliphatic heterocycles. The van der Waals surface area contributed by atoms with Crippen LogP contribution in [-0.4, -0.2) is 26.8 Å².